The summed E-state index contributed by atoms with van der Waals surface area (Å²) in [5.74, 6) is -1.66. The van der Waals surface area contributed by atoms with E-state index in [0.29, 0.717) is 6.42 Å². The highest BCUT2D eigenvalue weighted by Crippen LogP contribution is 2.17. The molecule has 2 nitrogen and oxygen atoms in total. The number of aliphatic hydroxyl groups is 1. The van der Waals surface area contributed by atoms with Gasteiger partial charge in [-0.3, -0.25) is 0 Å². The highest BCUT2D eigenvalue weighted by Gasteiger charge is 2.18. The number of hydrogen-bond donors (Lipinski definition) is 1. The molecule has 1 aromatic rings. The Bertz CT molecular complexity index is 337. The van der Waals surface area contributed by atoms with Crippen LogP contribution in [0.2, 0.25) is 0 Å². The molecule has 0 aromatic heterocycles. The van der Waals surface area contributed by atoms with E-state index in [2.05, 4.69) is 0 Å². The van der Waals surface area contributed by atoms with E-state index in [1.54, 1.807) is 6.92 Å². The molecule has 0 aliphatic rings. The topological polar surface area (TPSA) is 29.5 Å². The molecule has 0 spiro atoms. The van der Waals surface area contributed by atoms with Crippen LogP contribution in [-0.2, 0) is 0 Å². The van der Waals surface area contributed by atoms with Crippen LogP contribution in [0.5, 0.6) is 5.75 Å². The van der Waals surface area contributed by atoms with Gasteiger partial charge in [0.15, 0.2) is 11.6 Å². The smallest absolute Gasteiger partial charge is 0.162 e. The molecule has 1 unspecified atom stereocenters. The van der Waals surface area contributed by atoms with Gasteiger partial charge in [-0.05, 0) is 25.5 Å². The van der Waals surface area contributed by atoms with Gasteiger partial charge in [-0.25, -0.2) is 8.78 Å². The molecule has 84 valence electrons. The number of ether oxygens (including phenoxy) is 1. The van der Waals surface area contributed by atoms with E-state index in [1.165, 1.54) is 6.07 Å². The van der Waals surface area contributed by atoms with Gasteiger partial charge >= 0.3 is 0 Å². The van der Waals surface area contributed by atoms with Crippen LogP contribution < -0.4 is 4.74 Å². The molecule has 0 heterocycles. The lowest BCUT2D eigenvalue weighted by Gasteiger charge is -2.21. The van der Waals surface area contributed by atoms with Crippen LogP contribution in [0.15, 0.2) is 18.2 Å². The van der Waals surface area contributed by atoms with Crippen LogP contribution in [0.4, 0.5) is 8.78 Å². The van der Waals surface area contributed by atoms with Crippen LogP contribution in [-0.4, -0.2) is 17.3 Å². The molecule has 0 saturated heterocycles. The van der Waals surface area contributed by atoms with Gasteiger partial charge in [0.05, 0.1) is 5.60 Å². The molecule has 0 amide bonds. The molecule has 1 atom stereocenters. The molecule has 1 rings (SSSR count). The van der Waals surface area contributed by atoms with Gasteiger partial charge in [0.25, 0.3) is 0 Å². The van der Waals surface area contributed by atoms with Crippen molar-refractivity contribution in [2.75, 3.05) is 6.61 Å². The molecule has 0 aliphatic carbocycles. The summed E-state index contributed by atoms with van der Waals surface area (Å²) in [6, 6.07) is 3.27. The SMILES string of the molecule is CCC(C)(O)COc1ccc(F)c(F)c1. The van der Waals surface area contributed by atoms with Crippen LogP contribution in [0, 0.1) is 11.6 Å². The maximum absolute atomic E-state index is 12.8. The van der Waals surface area contributed by atoms with Gasteiger partial charge in [-0.15, -0.1) is 0 Å². The van der Waals surface area contributed by atoms with Crippen LogP contribution in [0.3, 0.4) is 0 Å². The minimum absolute atomic E-state index is 0.0502. The number of rotatable bonds is 4. The number of benzene rings is 1. The van der Waals surface area contributed by atoms with Gasteiger partial charge in [0.2, 0.25) is 0 Å². The molecule has 0 aliphatic heterocycles. The van der Waals surface area contributed by atoms with Crippen molar-refractivity contribution < 1.29 is 18.6 Å². The Labute approximate surface area is 87.5 Å². The fourth-order valence-corrected chi connectivity index (χ4v) is 0.908. The predicted molar refractivity (Wildman–Crippen MR) is 52.8 cm³/mol. The lowest BCUT2D eigenvalue weighted by atomic mass is 10.1. The zero-order valence-electron chi connectivity index (χ0n) is 8.76. The van der Waals surface area contributed by atoms with Crippen molar-refractivity contribution in [2.24, 2.45) is 0 Å². The Morgan fingerprint density at radius 3 is 2.53 bits per heavy atom. The molecular formula is C11H14F2O2. The molecule has 1 N–H and O–H groups in total. The minimum Gasteiger partial charge on any atom is -0.490 e. The van der Waals surface area contributed by atoms with Crippen molar-refractivity contribution >= 4 is 0 Å². The first kappa shape index (κ1) is 11.9. The fourth-order valence-electron chi connectivity index (χ4n) is 0.908. The Kier molecular flexibility index (Phi) is 3.63. The van der Waals surface area contributed by atoms with E-state index < -0.39 is 17.2 Å². The van der Waals surface area contributed by atoms with Crippen molar-refractivity contribution in [3.63, 3.8) is 0 Å². The van der Waals surface area contributed by atoms with Gasteiger partial charge in [0.1, 0.15) is 12.4 Å². The summed E-state index contributed by atoms with van der Waals surface area (Å²) in [7, 11) is 0. The van der Waals surface area contributed by atoms with E-state index in [9.17, 15) is 13.9 Å². The lowest BCUT2D eigenvalue weighted by molar-refractivity contribution is 0.00834. The average Bonchev–Trinajstić information content (AvgIpc) is 2.20. The summed E-state index contributed by atoms with van der Waals surface area (Å²) in [4.78, 5) is 0. The quantitative estimate of drug-likeness (QED) is 0.837. The van der Waals surface area contributed by atoms with Crippen LogP contribution in [0.1, 0.15) is 20.3 Å². The highest BCUT2D eigenvalue weighted by atomic mass is 19.2. The Balaban J connectivity index is 2.62. The standard InChI is InChI=1S/C11H14F2O2/c1-3-11(2,14)7-15-8-4-5-9(12)10(13)6-8/h4-6,14H,3,7H2,1-2H3. The zero-order valence-corrected chi connectivity index (χ0v) is 8.76. The molecule has 0 radical (unpaired) electrons. The molecule has 0 fully saturated rings. The minimum atomic E-state index is -0.955. The highest BCUT2D eigenvalue weighted by molar-refractivity contribution is 5.23. The van der Waals surface area contributed by atoms with E-state index in [4.69, 9.17) is 4.74 Å². The normalized spacial score (nSPS) is 14.7. The molecule has 4 heteroatoms. The van der Waals surface area contributed by atoms with Gasteiger partial charge < -0.3 is 9.84 Å². The van der Waals surface area contributed by atoms with E-state index >= 15 is 0 Å². The number of halogens is 2. The third kappa shape index (κ3) is 3.47. The van der Waals surface area contributed by atoms with E-state index in [1.807, 2.05) is 6.92 Å². The third-order valence-electron chi connectivity index (χ3n) is 2.20. The number of hydrogen-bond acceptors (Lipinski definition) is 2. The van der Waals surface area contributed by atoms with Gasteiger partial charge in [-0.2, -0.15) is 0 Å². The van der Waals surface area contributed by atoms with Gasteiger partial charge in [-0.1, -0.05) is 6.92 Å². The second-order valence-corrected chi connectivity index (χ2v) is 3.72. The summed E-state index contributed by atoms with van der Waals surface area (Å²) in [6.07, 6.45) is 0.524. The second-order valence-electron chi connectivity index (χ2n) is 3.72. The van der Waals surface area contributed by atoms with Crippen molar-refractivity contribution in [3.05, 3.63) is 29.8 Å². The maximum Gasteiger partial charge on any atom is 0.162 e. The first-order valence-electron chi connectivity index (χ1n) is 4.75. The monoisotopic (exact) mass is 216 g/mol. The molecule has 0 saturated carbocycles. The van der Waals surface area contributed by atoms with Crippen molar-refractivity contribution in [1.82, 2.24) is 0 Å². The summed E-state index contributed by atoms with van der Waals surface area (Å²) in [6.45, 7) is 3.48. The Hall–Kier alpha value is -1.16. The predicted octanol–water partition coefficient (Wildman–Crippen LogP) is 2.50. The molecular weight excluding hydrogens is 202 g/mol. The molecule has 1 aromatic carbocycles. The molecule has 0 bridgehead atoms. The lowest BCUT2D eigenvalue weighted by Crippen LogP contribution is -2.31. The largest absolute Gasteiger partial charge is 0.490 e. The summed E-state index contributed by atoms with van der Waals surface area (Å²) in [5, 5.41) is 9.62. The maximum atomic E-state index is 12.8. The third-order valence-corrected chi connectivity index (χ3v) is 2.20. The van der Waals surface area contributed by atoms with Crippen LogP contribution >= 0.6 is 0 Å². The first-order chi connectivity index (χ1) is 6.94. The van der Waals surface area contributed by atoms with Crippen molar-refractivity contribution in [1.29, 1.82) is 0 Å². The van der Waals surface area contributed by atoms with Gasteiger partial charge in [0, 0.05) is 6.07 Å². The average molecular weight is 216 g/mol. The molecule has 15 heavy (non-hydrogen) atoms. The fraction of sp³-hybridized carbons (Fsp3) is 0.455. The summed E-state index contributed by atoms with van der Waals surface area (Å²) >= 11 is 0. The first-order valence-corrected chi connectivity index (χ1v) is 4.75. The van der Waals surface area contributed by atoms with E-state index in [-0.39, 0.29) is 12.4 Å². The van der Waals surface area contributed by atoms with E-state index in [0.717, 1.165) is 12.1 Å². The van der Waals surface area contributed by atoms with Crippen molar-refractivity contribution in [3.8, 4) is 5.75 Å². The Morgan fingerprint density at radius 2 is 2.00 bits per heavy atom. The summed E-state index contributed by atoms with van der Waals surface area (Å²) in [5.41, 5.74) is -0.954. The Morgan fingerprint density at radius 1 is 1.33 bits per heavy atom. The van der Waals surface area contributed by atoms with Crippen LogP contribution in [0.25, 0.3) is 0 Å². The second kappa shape index (κ2) is 4.57. The zero-order chi connectivity index (χ0) is 11.5. The van der Waals surface area contributed by atoms with Crippen molar-refractivity contribution in [2.45, 2.75) is 25.9 Å². The summed E-state index contributed by atoms with van der Waals surface area (Å²) < 4.78 is 30.5.